The van der Waals surface area contributed by atoms with E-state index < -0.39 is 57.0 Å². The van der Waals surface area contributed by atoms with Gasteiger partial charge in [0.2, 0.25) is 15.4 Å². The van der Waals surface area contributed by atoms with Gasteiger partial charge in [0, 0.05) is 155 Å². The number of piperidine rings is 5. The number of allylic oxidation sites excluding steroid dienone is 1. The summed E-state index contributed by atoms with van der Waals surface area (Å²) in [7, 11) is 1.29. The van der Waals surface area contributed by atoms with E-state index in [0.29, 0.717) is 125 Å². The molecule has 6 aliphatic heterocycles. The molecule has 40 nitrogen and oxygen atoms in total. The molecule has 6 aliphatic rings. The van der Waals surface area contributed by atoms with Crippen molar-refractivity contribution in [3.8, 4) is 0 Å². The molecule has 0 atom stereocenters. The first-order chi connectivity index (χ1) is 56.6. The number of aliphatic hydroxyl groups excluding tert-OH is 1. The number of anilines is 3. The summed E-state index contributed by atoms with van der Waals surface area (Å²) < 4.78 is 83.4. The number of nitrogens with zero attached hydrogens (tertiary/aromatic N) is 16. The van der Waals surface area contributed by atoms with Gasteiger partial charge < -0.3 is 107 Å². The predicted molar refractivity (Wildman–Crippen MR) is 474 cm³/mol. The maximum Gasteiger partial charge on any atom is 0.410 e. The van der Waals surface area contributed by atoms with Gasteiger partial charge in [0.1, 0.15) is 57.7 Å². The van der Waals surface area contributed by atoms with Gasteiger partial charge in [-0.25, -0.2) is 42.4 Å². The molecule has 0 saturated carbocycles. The molecule has 690 valence electrons. The summed E-state index contributed by atoms with van der Waals surface area (Å²) in [6.45, 7) is 33.7. The molecule has 4 N–H and O–H groups in total. The molecule has 5 saturated heterocycles. The number of aromatic nitrogens is 8. The number of nitrogen functional groups attached to an aromatic ring is 1. The van der Waals surface area contributed by atoms with Crippen molar-refractivity contribution < 1.29 is 83.6 Å². The van der Waals surface area contributed by atoms with Crippen molar-refractivity contribution in [2.75, 3.05) is 89.0 Å². The molecule has 46 heteroatoms. The third kappa shape index (κ3) is 42.7. The number of aryl methyl sites for hydroxylation is 2. The molecule has 0 aromatic carbocycles. The van der Waals surface area contributed by atoms with E-state index in [4.69, 9.17) is 33.6 Å². The Morgan fingerprint density at radius 1 is 0.512 bits per heavy atom. The number of pyridine rings is 2. The van der Waals surface area contributed by atoms with Crippen LogP contribution in [0.4, 0.5) is 47.1 Å². The minimum atomic E-state index is -3.42. The van der Waals surface area contributed by atoms with E-state index in [2.05, 4.69) is 83.7 Å². The number of halogens is 4. The van der Waals surface area contributed by atoms with Crippen LogP contribution in [-0.4, -0.2) is 249 Å². The molecule has 11 heterocycles. The smallest absolute Gasteiger partial charge is 0.410 e. The van der Waals surface area contributed by atoms with Crippen LogP contribution < -0.4 is 22.2 Å². The number of aliphatic imine (C=N–C) groups is 1. The zero-order chi connectivity index (χ0) is 93.1. The van der Waals surface area contributed by atoms with Crippen LogP contribution in [-0.2, 0) is 61.1 Å². The number of aliphatic hydroxyl groups is 1. The maximum atomic E-state index is 12.2. The number of carbonyl (C=O) groups excluding carboxylic acids is 5. The van der Waals surface area contributed by atoms with Crippen LogP contribution in [0.25, 0.3) is 0 Å². The Balaban J connectivity index is 0.000000306. The lowest BCUT2D eigenvalue weighted by molar-refractivity contribution is -0.425. The number of nitro groups is 2. The van der Waals surface area contributed by atoms with Crippen molar-refractivity contribution in [3.63, 3.8) is 0 Å². The molecule has 5 amide bonds. The summed E-state index contributed by atoms with van der Waals surface area (Å²) in [5.74, 6) is 0.967. The molecule has 0 aliphatic carbocycles. The molecule has 0 spiro atoms. The average Bonchev–Trinajstić information content (AvgIpc) is 1.74. The molecular weight excluding hydrogens is 1870 g/mol. The number of rotatable bonds is 9. The third-order valence-corrected chi connectivity index (χ3v) is 19.5. The van der Waals surface area contributed by atoms with Gasteiger partial charge in [-0.15, -0.1) is 0 Å². The highest BCUT2D eigenvalue weighted by atomic mass is 79.9. The van der Waals surface area contributed by atoms with Crippen molar-refractivity contribution in [2.24, 2.45) is 19.1 Å². The molecule has 0 bridgehead atoms. The third-order valence-electron chi connectivity index (χ3n) is 17.5. The monoisotopic (exact) mass is 1980 g/mol. The second-order valence-corrected chi connectivity index (χ2v) is 41.6. The zero-order valence-electron chi connectivity index (χ0n) is 73.2. The van der Waals surface area contributed by atoms with Crippen LogP contribution in [0.5, 0.6) is 0 Å². The molecule has 0 radical (unpaired) electrons. The number of nitrogens with two attached hydrogens (primary N) is 1. The van der Waals surface area contributed by atoms with Gasteiger partial charge in [-0.05, 0) is 243 Å². The highest BCUT2D eigenvalue weighted by molar-refractivity contribution is 9.11. The topological polar surface area (TPSA) is 480 Å². The van der Waals surface area contributed by atoms with Gasteiger partial charge >= 0.3 is 42.1 Å². The van der Waals surface area contributed by atoms with Gasteiger partial charge in [-0.1, -0.05) is 4.99 Å². The first-order valence-corrected chi connectivity index (χ1v) is 46.4. The number of nitrogens with one attached hydrogen (secondary N) is 1. The van der Waals surface area contributed by atoms with E-state index in [1.807, 2.05) is 125 Å². The van der Waals surface area contributed by atoms with E-state index in [0.717, 1.165) is 60.0 Å². The van der Waals surface area contributed by atoms with Gasteiger partial charge in [-0.3, -0.25) is 13.8 Å². The molecule has 5 aromatic rings. The Morgan fingerprint density at radius 2 is 0.846 bits per heavy atom. The summed E-state index contributed by atoms with van der Waals surface area (Å²) >= 11 is 9.79. The minimum absolute atomic E-state index is 0.0248. The highest BCUT2D eigenvalue weighted by Gasteiger charge is 2.34. The number of imidazole rings is 3. The Kier molecular flexibility index (Phi) is 41.2. The number of likely N-dealkylation sites (tertiary alicyclic amines) is 5. The van der Waals surface area contributed by atoms with Gasteiger partial charge in [0.25, 0.3) is 21.2 Å². The fourth-order valence-corrected chi connectivity index (χ4v) is 14.5. The SMILES string of the molecule is CC(C)(C)OC(=O)N1CCC(O)CC1.CC(C)(C)OC(=O)N1CCC(OS(C)(=O)=O)CC1.CC(C)(C)OC(=O)N1CCC(n2cnc(N)c2)CC1.CC(C)(C)OC(=O)N1CCC(n2cnc([N+](=O)[O-])c2)CC1.CS(=O)(=O)Cl.Cn1cc(Br)cc(Br)c1=O.Cn1cc(Br)cc(Nc2cn(C3CCN(C(=O)OC(C)(C)C)CC3)cn2)c1=O.O=[N+]([O-])C1=CCC=N1. The first-order valence-electron chi connectivity index (χ1n) is 39.5. The van der Waals surface area contributed by atoms with E-state index in [-0.39, 0.29) is 77.5 Å². The van der Waals surface area contributed by atoms with Crippen LogP contribution in [0.1, 0.15) is 193 Å². The molecule has 0 unspecified atom stereocenters. The average molecular weight is 1990 g/mol. The predicted octanol–water partition coefficient (Wildman–Crippen LogP) is 13.5. The normalized spacial score (nSPS) is 16.4. The van der Waals surface area contributed by atoms with Crippen molar-refractivity contribution in [2.45, 2.75) is 233 Å². The van der Waals surface area contributed by atoms with Crippen LogP contribution in [0.3, 0.4) is 0 Å². The van der Waals surface area contributed by atoms with Gasteiger partial charge in [0.15, 0.2) is 0 Å². The van der Waals surface area contributed by atoms with E-state index >= 15 is 0 Å². The number of ether oxygens (including phenoxy) is 5. The van der Waals surface area contributed by atoms with Crippen LogP contribution in [0, 0.1) is 20.2 Å². The van der Waals surface area contributed by atoms with Crippen molar-refractivity contribution in [1.82, 2.24) is 62.3 Å². The van der Waals surface area contributed by atoms with Gasteiger partial charge in [-0.2, -0.15) is 8.42 Å². The largest absolute Gasteiger partial charge is 0.444 e. The van der Waals surface area contributed by atoms with E-state index in [1.165, 1.54) is 33.9 Å². The first kappa shape index (κ1) is 107. The number of hydrogen-bond acceptors (Lipinski definition) is 28. The summed E-state index contributed by atoms with van der Waals surface area (Å²) in [5.41, 5.74) is 3.55. The molecule has 5 fully saturated rings. The zero-order valence-corrected chi connectivity index (χ0v) is 80.4. The van der Waals surface area contributed by atoms with E-state index in [1.54, 1.807) is 80.3 Å². The standard InChI is InChI=1S/C19H26BrN5O3.C13H20N4O4.C13H22N4O2.C11H21NO5S.C10H19NO3.C6H5Br2NO.C4H4N2O2.CH3ClO2S/c1-19(2,3)28-18(27)24-7-5-14(6-8-24)25-11-16(21-12-25)22-15-9-13(20)10-23(4)17(15)26;1-13(2,3)21-12(18)15-6-4-10(5-7-15)16-8-11(14-9-16)17(19)20;1-13(2,3)19-12(18)16-6-4-10(5-7-16)17-8-11(14)15-9-17;1-11(2,3)16-10(13)12-7-5-9(6-8-12)17-18(4,14)15;1-10(2,3)14-9(13)11-6-4-8(12)5-7-11;1-9-3-4(7)2-5(8)6(9)10;7-6(8)4-2-1-3-5-4;1-5(2,3)4/h9-12,14,22H,5-8H2,1-4H3;8-10H,4-7H2,1-3H3;8-10H,4-7,14H2,1-3H3;9H,5-8H2,1-4H3;8,12H,4-7H2,1-3H3;2-3H,1H3;2-3H,1H2;1H3. The van der Waals surface area contributed by atoms with Crippen molar-refractivity contribution >= 4 is 137 Å². The summed E-state index contributed by atoms with van der Waals surface area (Å²) in [6, 6.07) is 4.21. The fourth-order valence-electron chi connectivity index (χ4n) is 11.9. The second-order valence-electron chi connectivity index (χ2n) is 34.2. The number of hydrogen-bond donors (Lipinski definition) is 3. The minimum Gasteiger partial charge on any atom is -0.444 e. The summed E-state index contributed by atoms with van der Waals surface area (Å²) in [4.78, 5) is 126. The lowest BCUT2D eigenvalue weighted by Gasteiger charge is -2.33. The van der Waals surface area contributed by atoms with Crippen LogP contribution >= 0.6 is 58.5 Å². The Bertz CT molecular complexity index is 4700. The molecular formula is C77H120Br3ClN18O22S2. The Labute approximate surface area is 747 Å². The Morgan fingerprint density at radius 3 is 1.15 bits per heavy atom. The molecule has 5 aromatic heterocycles. The lowest BCUT2D eigenvalue weighted by Crippen LogP contribution is -2.43. The molecule has 123 heavy (non-hydrogen) atoms. The summed E-state index contributed by atoms with van der Waals surface area (Å²) in [6.07, 6.45) is 24.3. The quantitative estimate of drug-likeness (QED) is 0.0405. The van der Waals surface area contributed by atoms with Gasteiger partial charge in [0.05, 0.1) is 41.8 Å². The Hall–Kier alpha value is -8.76. The molecule has 11 rings (SSSR count). The number of carbonyl (C=O) groups is 5. The second kappa shape index (κ2) is 47.5. The highest BCUT2D eigenvalue weighted by Crippen LogP contribution is 2.30. The van der Waals surface area contributed by atoms with Crippen molar-refractivity contribution in [3.05, 3.63) is 128 Å². The number of amides is 5. The fraction of sp³-hybridized carbons (Fsp3) is 0.649. The van der Waals surface area contributed by atoms with Crippen LogP contribution in [0.2, 0.25) is 0 Å². The lowest BCUT2D eigenvalue weighted by atomic mass is 10.1. The van der Waals surface area contributed by atoms with Crippen molar-refractivity contribution in [1.29, 1.82) is 0 Å². The van der Waals surface area contributed by atoms with Crippen LogP contribution in [0.15, 0.2) is 102 Å². The summed E-state index contributed by atoms with van der Waals surface area (Å²) in [5, 5.41) is 32.8. The van der Waals surface area contributed by atoms with E-state index in [9.17, 15) is 75.7 Å². The maximum absolute atomic E-state index is 12.2.